The number of hydrogen-bond donors (Lipinski definition) is 1. The van der Waals surface area contributed by atoms with Gasteiger partial charge in [-0.15, -0.1) is 24.8 Å². The molecular weight excluding hydrogens is 416 g/mol. The van der Waals surface area contributed by atoms with Crippen molar-refractivity contribution in [3.8, 4) is 5.75 Å². The fourth-order valence-electron chi connectivity index (χ4n) is 2.51. The molecule has 0 unspecified atom stereocenters. The van der Waals surface area contributed by atoms with Crippen LogP contribution in [0.15, 0.2) is 24.3 Å². The van der Waals surface area contributed by atoms with Crippen LogP contribution in [-0.4, -0.2) is 49.8 Å². The summed E-state index contributed by atoms with van der Waals surface area (Å²) < 4.78 is 95.3. The smallest absolute Gasteiger partial charge is 0.428 e. The summed E-state index contributed by atoms with van der Waals surface area (Å²) in [5, 5.41) is 2.88. The first-order valence-electron chi connectivity index (χ1n) is 7.08. The molecule has 1 N–H and O–H groups in total. The first-order chi connectivity index (χ1) is 11.1. The monoisotopic (exact) mass is 432 g/mol. The number of alkyl halides is 7. The zero-order valence-corrected chi connectivity index (χ0v) is 14.7. The molecule has 0 aliphatic carbocycles. The van der Waals surface area contributed by atoms with E-state index < -0.39 is 36.1 Å². The van der Waals surface area contributed by atoms with E-state index in [-0.39, 0.29) is 37.9 Å². The lowest BCUT2D eigenvalue weighted by Crippen LogP contribution is -2.49. The van der Waals surface area contributed by atoms with Gasteiger partial charge in [-0.3, -0.25) is 4.90 Å². The highest BCUT2D eigenvalue weighted by Crippen LogP contribution is 2.43. The van der Waals surface area contributed by atoms with E-state index in [0.29, 0.717) is 13.1 Å². The van der Waals surface area contributed by atoms with Gasteiger partial charge >= 0.3 is 18.7 Å². The zero-order chi connectivity index (χ0) is 18.0. The average molecular weight is 433 g/mol. The van der Waals surface area contributed by atoms with Crippen LogP contribution in [0.5, 0.6) is 5.75 Å². The molecule has 1 aromatic carbocycles. The van der Waals surface area contributed by atoms with Gasteiger partial charge in [0.2, 0.25) is 0 Å². The third kappa shape index (κ3) is 6.04. The molecule has 0 amide bonds. The van der Waals surface area contributed by atoms with Crippen molar-refractivity contribution in [3.63, 3.8) is 0 Å². The fraction of sp³-hybridized carbons (Fsp3) is 0.571. The second-order valence-corrected chi connectivity index (χ2v) is 5.23. The molecule has 26 heavy (non-hydrogen) atoms. The molecule has 1 saturated heterocycles. The molecule has 1 aliphatic heterocycles. The number of ether oxygens (including phenoxy) is 1. The summed E-state index contributed by atoms with van der Waals surface area (Å²) in [6.07, 6.45) is -13.8. The standard InChI is InChI=1S/C14H15F7N2O.2ClH/c15-12(16)14(20,21)24-10-4-2-1-3-9(10)11(13(17,18)19)23-7-5-22-6-8-23;;/h1-4,11-12,22H,5-8H2;2*1H/t11-;;/m1../s1. The Kier molecular flexibility index (Phi) is 9.45. The summed E-state index contributed by atoms with van der Waals surface area (Å²) in [5.41, 5.74) is -0.618. The van der Waals surface area contributed by atoms with Gasteiger partial charge in [-0.05, 0) is 6.07 Å². The number of piperazine rings is 1. The van der Waals surface area contributed by atoms with Crippen molar-refractivity contribution in [2.24, 2.45) is 0 Å². The third-order valence-corrected chi connectivity index (χ3v) is 3.54. The third-order valence-electron chi connectivity index (χ3n) is 3.54. The Morgan fingerprint density at radius 2 is 1.50 bits per heavy atom. The van der Waals surface area contributed by atoms with E-state index in [1.165, 1.54) is 6.07 Å². The quantitative estimate of drug-likeness (QED) is 0.703. The summed E-state index contributed by atoms with van der Waals surface area (Å²) in [5.74, 6) is -0.913. The minimum Gasteiger partial charge on any atom is -0.428 e. The Morgan fingerprint density at radius 1 is 0.962 bits per heavy atom. The van der Waals surface area contributed by atoms with Crippen LogP contribution in [0.3, 0.4) is 0 Å². The SMILES string of the molecule is Cl.Cl.FC(F)C(F)(F)Oc1ccccc1[C@@H](N1CCNCC1)C(F)(F)F. The predicted molar refractivity (Wildman–Crippen MR) is 85.8 cm³/mol. The van der Waals surface area contributed by atoms with Gasteiger partial charge < -0.3 is 10.1 Å². The van der Waals surface area contributed by atoms with Crippen molar-refractivity contribution in [3.05, 3.63) is 29.8 Å². The molecule has 0 spiro atoms. The summed E-state index contributed by atoms with van der Waals surface area (Å²) >= 11 is 0. The molecule has 0 bridgehead atoms. The Labute approximate surface area is 157 Å². The maximum atomic E-state index is 13.5. The summed E-state index contributed by atoms with van der Waals surface area (Å²) in [6, 6.07) is 1.92. The highest BCUT2D eigenvalue weighted by molar-refractivity contribution is 5.85. The minimum atomic E-state index is -4.88. The van der Waals surface area contributed by atoms with E-state index in [0.717, 1.165) is 23.1 Å². The van der Waals surface area contributed by atoms with Crippen molar-refractivity contribution in [1.29, 1.82) is 0 Å². The van der Waals surface area contributed by atoms with Crippen molar-refractivity contribution in [2.45, 2.75) is 24.8 Å². The molecular formula is C14H17Cl2F7N2O. The summed E-state index contributed by atoms with van der Waals surface area (Å²) in [6.45, 7) is 0.652. The fourth-order valence-corrected chi connectivity index (χ4v) is 2.51. The maximum absolute atomic E-state index is 13.5. The molecule has 12 heteroatoms. The number of para-hydroxylation sites is 1. The van der Waals surface area contributed by atoms with Crippen LogP contribution in [-0.2, 0) is 0 Å². The molecule has 3 nitrogen and oxygen atoms in total. The summed E-state index contributed by atoms with van der Waals surface area (Å²) in [4.78, 5) is 1.05. The highest BCUT2D eigenvalue weighted by Gasteiger charge is 2.49. The van der Waals surface area contributed by atoms with Crippen molar-refractivity contribution in [1.82, 2.24) is 10.2 Å². The highest BCUT2D eigenvalue weighted by atomic mass is 35.5. The lowest BCUT2D eigenvalue weighted by molar-refractivity contribution is -0.254. The second kappa shape index (κ2) is 9.82. The number of benzene rings is 1. The van der Waals surface area contributed by atoms with Gasteiger partial charge in [0, 0.05) is 31.7 Å². The molecule has 1 aromatic rings. The van der Waals surface area contributed by atoms with Gasteiger partial charge in [0.15, 0.2) is 0 Å². The number of nitrogens with one attached hydrogen (secondary N) is 1. The zero-order valence-electron chi connectivity index (χ0n) is 13.1. The van der Waals surface area contributed by atoms with Crippen LogP contribution in [0.1, 0.15) is 11.6 Å². The van der Waals surface area contributed by atoms with Crippen LogP contribution in [0.2, 0.25) is 0 Å². The predicted octanol–water partition coefficient (Wildman–Crippen LogP) is 4.28. The van der Waals surface area contributed by atoms with Crippen LogP contribution < -0.4 is 10.1 Å². The van der Waals surface area contributed by atoms with Crippen LogP contribution in [0, 0.1) is 0 Å². The molecule has 1 heterocycles. The second-order valence-electron chi connectivity index (χ2n) is 5.23. The van der Waals surface area contributed by atoms with Crippen molar-refractivity contribution < 1.29 is 35.5 Å². The van der Waals surface area contributed by atoms with Gasteiger partial charge in [-0.2, -0.15) is 30.7 Å². The van der Waals surface area contributed by atoms with Gasteiger partial charge in [0.05, 0.1) is 0 Å². The largest absolute Gasteiger partial charge is 0.461 e. The Morgan fingerprint density at radius 3 is 2.00 bits per heavy atom. The van der Waals surface area contributed by atoms with E-state index in [9.17, 15) is 30.7 Å². The molecule has 2 rings (SSSR count). The molecule has 1 fully saturated rings. The van der Waals surface area contributed by atoms with Gasteiger partial charge in [-0.1, -0.05) is 18.2 Å². The Hall–Kier alpha value is -0.970. The van der Waals surface area contributed by atoms with E-state index in [1.54, 1.807) is 0 Å². The first-order valence-corrected chi connectivity index (χ1v) is 7.08. The molecule has 152 valence electrons. The number of nitrogens with zero attached hydrogens (tertiary/aromatic N) is 1. The lowest BCUT2D eigenvalue weighted by Gasteiger charge is -2.37. The van der Waals surface area contributed by atoms with E-state index in [2.05, 4.69) is 10.1 Å². The first kappa shape index (κ1) is 25.0. The molecule has 0 radical (unpaired) electrons. The number of rotatable bonds is 5. The normalized spacial score (nSPS) is 17.2. The van der Waals surface area contributed by atoms with Crippen LogP contribution >= 0.6 is 24.8 Å². The van der Waals surface area contributed by atoms with Gasteiger partial charge in [-0.25, -0.2) is 0 Å². The number of hydrogen-bond acceptors (Lipinski definition) is 3. The Bertz CT molecular complexity index is 554. The average Bonchev–Trinajstić information content (AvgIpc) is 2.48. The molecule has 0 aromatic heterocycles. The lowest BCUT2D eigenvalue weighted by atomic mass is 10.0. The van der Waals surface area contributed by atoms with E-state index in [1.807, 2.05) is 0 Å². The minimum absolute atomic E-state index is 0. The van der Waals surface area contributed by atoms with Gasteiger partial charge in [0.1, 0.15) is 11.8 Å². The topological polar surface area (TPSA) is 24.5 Å². The molecule has 1 aliphatic rings. The maximum Gasteiger partial charge on any atom is 0.461 e. The van der Waals surface area contributed by atoms with E-state index >= 15 is 0 Å². The van der Waals surface area contributed by atoms with Gasteiger partial charge in [0.25, 0.3) is 0 Å². The molecule has 1 atom stereocenters. The number of halogens is 9. The summed E-state index contributed by atoms with van der Waals surface area (Å²) in [7, 11) is 0. The van der Waals surface area contributed by atoms with Crippen LogP contribution in [0.25, 0.3) is 0 Å². The van der Waals surface area contributed by atoms with Crippen LogP contribution in [0.4, 0.5) is 30.7 Å². The Balaban J connectivity index is 0.00000312. The van der Waals surface area contributed by atoms with Crippen molar-refractivity contribution >= 4 is 24.8 Å². The molecule has 0 saturated carbocycles. The van der Waals surface area contributed by atoms with E-state index in [4.69, 9.17) is 0 Å². The van der Waals surface area contributed by atoms with Crippen molar-refractivity contribution in [2.75, 3.05) is 26.2 Å².